The van der Waals surface area contributed by atoms with Crippen molar-refractivity contribution in [3.8, 4) is 0 Å². The quantitative estimate of drug-likeness (QED) is 0.759. The molecule has 1 saturated carbocycles. The lowest BCUT2D eigenvalue weighted by molar-refractivity contribution is -0.710. The Kier molecular flexibility index (Phi) is 6.45. The molecule has 3 amide bonds. The number of quaternary nitrogens is 1. The van der Waals surface area contributed by atoms with Crippen LogP contribution in [0.5, 0.6) is 0 Å². The predicted molar refractivity (Wildman–Crippen MR) is 107 cm³/mol. The first-order valence-corrected chi connectivity index (χ1v) is 9.98. The molecule has 0 bridgehead atoms. The van der Waals surface area contributed by atoms with Gasteiger partial charge in [-0.25, -0.2) is 4.79 Å². The fourth-order valence-electron chi connectivity index (χ4n) is 3.97. The van der Waals surface area contributed by atoms with E-state index >= 15 is 0 Å². The summed E-state index contributed by atoms with van der Waals surface area (Å²) in [6.07, 6.45) is 5.52. The standard InChI is InChI=1S/C22H29N3O2/c1-15(19-14-8-10-17-9-6-7-13-20(17)19)23-16(2)21(26)25-22(27)24-18-11-4-3-5-12-18/h6-10,13-16,18,23H,3-5,11-12H2,1-2H3,(H2,24,25,26,27)/p+1/t15-,16-/m1/s1. The zero-order chi connectivity index (χ0) is 19.2. The predicted octanol–water partition coefficient (Wildman–Crippen LogP) is 3.01. The highest BCUT2D eigenvalue weighted by Gasteiger charge is 2.24. The average molecular weight is 369 g/mol. The summed E-state index contributed by atoms with van der Waals surface area (Å²) in [5.74, 6) is -0.254. The molecule has 4 N–H and O–H groups in total. The third kappa shape index (κ3) is 5.07. The molecule has 0 heterocycles. The van der Waals surface area contributed by atoms with Crippen molar-refractivity contribution in [2.24, 2.45) is 0 Å². The monoisotopic (exact) mass is 368 g/mol. The maximum absolute atomic E-state index is 12.4. The lowest BCUT2D eigenvalue weighted by atomic mass is 9.96. The maximum Gasteiger partial charge on any atom is 0.321 e. The molecule has 0 radical (unpaired) electrons. The zero-order valence-electron chi connectivity index (χ0n) is 16.2. The molecular formula is C22H30N3O2+. The molecule has 0 unspecified atom stereocenters. The van der Waals surface area contributed by atoms with E-state index < -0.39 is 0 Å². The number of fused-ring (bicyclic) bond motifs is 1. The number of carbonyl (C=O) groups is 2. The number of amides is 3. The van der Waals surface area contributed by atoms with Crippen LogP contribution in [0.1, 0.15) is 57.6 Å². The second-order valence-corrected chi connectivity index (χ2v) is 7.64. The molecule has 3 rings (SSSR count). The SMILES string of the molecule is C[C@@H]([NH2+][C@H](C)c1cccc2ccccc12)C(=O)NC(=O)NC1CCCCC1. The van der Waals surface area contributed by atoms with Crippen LogP contribution < -0.4 is 16.0 Å². The van der Waals surface area contributed by atoms with Gasteiger partial charge in [-0.15, -0.1) is 0 Å². The molecule has 144 valence electrons. The van der Waals surface area contributed by atoms with Gasteiger partial charge in [0.2, 0.25) is 0 Å². The van der Waals surface area contributed by atoms with Gasteiger partial charge >= 0.3 is 6.03 Å². The van der Waals surface area contributed by atoms with Crippen LogP contribution in [0.3, 0.4) is 0 Å². The Morgan fingerprint density at radius 2 is 1.70 bits per heavy atom. The fraction of sp³-hybridized carbons (Fsp3) is 0.455. The molecule has 0 saturated heterocycles. The summed E-state index contributed by atoms with van der Waals surface area (Å²) in [5, 5.41) is 9.83. The van der Waals surface area contributed by atoms with Crippen LogP contribution in [0.4, 0.5) is 4.79 Å². The zero-order valence-corrected chi connectivity index (χ0v) is 16.2. The number of rotatable bonds is 5. The second kappa shape index (κ2) is 9.00. The Bertz CT molecular complexity index is 794. The Morgan fingerprint density at radius 1 is 1.00 bits per heavy atom. The van der Waals surface area contributed by atoms with E-state index in [0.717, 1.165) is 25.7 Å². The molecule has 27 heavy (non-hydrogen) atoms. The lowest BCUT2D eigenvalue weighted by Crippen LogP contribution is -2.92. The molecule has 1 aliphatic rings. The van der Waals surface area contributed by atoms with Crippen LogP contribution in [0.2, 0.25) is 0 Å². The lowest BCUT2D eigenvalue weighted by Gasteiger charge is -2.23. The summed E-state index contributed by atoms with van der Waals surface area (Å²) >= 11 is 0. The van der Waals surface area contributed by atoms with Crippen LogP contribution >= 0.6 is 0 Å². The van der Waals surface area contributed by atoms with Gasteiger partial charge in [0, 0.05) is 11.6 Å². The van der Waals surface area contributed by atoms with Crippen LogP contribution in [0.25, 0.3) is 10.8 Å². The van der Waals surface area contributed by atoms with Gasteiger partial charge in [0.1, 0.15) is 6.04 Å². The summed E-state index contributed by atoms with van der Waals surface area (Å²) < 4.78 is 0. The van der Waals surface area contributed by atoms with Crippen LogP contribution in [-0.2, 0) is 4.79 Å². The highest BCUT2D eigenvalue weighted by atomic mass is 16.2. The van der Waals surface area contributed by atoms with Gasteiger partial charge in [0.25, 0.3) is 5.91 Å². The van der Waals surface area contributed by atoms with Crippen LogP contribution in [-0.4, -0.2) is 24.0 Å². The first-order chi connectivity index (χ1) is 13.0. The Labute approximate surface area is 160 Å². The Balaban J connectivity index is 1.56. The van der Waals surface area contributed by atoms with Crippen molar-refractivity contribution in [1.29, 1.82) is 0 Å². The molecule has 0 aliphatic heterocycles. The van der Waals surface area contributed by atoms with E-state index in [4.69, 9.17) is 0 Å². The minimum atomic E-state index is -0.370. The molecule has 2 aromatic rings. The Morgan fingerprint density at radius 3 is 2.48 bits per heavy atom. The van der Waals surface area contributed by atoms with E-state index in [9.17, 15) is 9.59 Å². The molecular weight excluding hydrogens is 338 g/mol. The molecule has 1 aliphatic carbocycles. The van der Waals surface area contributed by atoms with E-state index in [0.29, 0.717) is 0 Å². The van der Waals surface area contributed by atoms with Crippen LogP contribution in [0, 0.1) is 0 Å². The summed E-state index contributed by atoms with van der Waals surface area (Å²) in [6, 6.07) is 14.1. The summed E-state index contributed by atoms with van der Waals surface area (Å²) in [6.45, 7) is 3.93. The number of hydrogen-bond acceptors (Lipinski definition) is 2. The Hall–Kier alpha value is -2.40. The number of nitrogens with two attached hydrogens (primary N) is 1. The third-order valence-electron chi connectivity index (χ3n) is 5.48. The molecule has 5 heteroatoms. The smallest absolute Gasteiger partial charge is 0.321 e. The molecule has 2 atom stereocenters. The maximum atomic E-state index is 12.4. The first kappa shape index (κ1) is 19.4. The number of carbonyl (C=O) groups excluding carboxylic acids is 2. The van der Waals surface area contributed by atoms with E-state index in [1.54, 1.807) is 0 Å². The largest absolute Gasteiger partial charge is 0.335 e. The number of hydrogen-bond donors (Lipinski definition) is 3. The number of urea groups is 1. The van der Waals surface area contributed by atoms with Gasteiger partial charge in [-0.1, -0.05) is 61.7 Å². The van der Waals surface area contributed by atoms with Crippen molar-refractivity contribution >= 4 is 22.7 Å². The average Bonchev–Trinajstić information content (AvgIpc) is 2.68. The molecule has 5 nitrogen and oxygen atoms in total. The fourth-order valence-corrected chi connectivity index (χ4v) is 3.97. The van der Waals surface area contributed by atoms with Gasteiger partial charge in [0.15, 0.2) is 6.04 Å². The van der Waals surface area contributed by atoms with Crippen molar-refractivity contribution in [3.63, 3.8) is 0 Å². The number of benzene rings is 2. The van der Waals surface area contributed by atoms with E-state index in [-0.39, 0.29) is 30.1 Å². The van der Waals surface area contributed by atoms with Crippen LogP contribution in [0.15, 0.2) is 42.5 Å². The third-order valence-corrected chi connectivity index (χ3v) is 5.48. The van der Waals surface area contributed by atoms with Gasteiger partial charge in [0.05, 0.1) is 0 Å². The minimum absolute atomic E-state index is 0.109. The molecule has 0 spiro atoms. The van der Waals surface area contributed by atoms with Crippen molar-refractivity contribution in [1.82, 2.24) is 10.6 Å². The second-order valence-electron chi connectivity index (χ2n) is 7.64. The normalized spacial score (nSPS) is 17.3. The summed E-state index contributed by atoms with van der Waals surface area (Å²) in [7, 11) is 0. The highest BCUT2D eigenvalue weighted by molar-refractivity contribution is 5.96. The molecule has 0 aromatic heterocycles. The first-order valence-electron chi connectivity index (χ1n) is 9.98. The highest BCUT2D eigenvalue weighted by Crippen LogP contribution is 2.22. The van der Waals surface area contributed by atoms with Gasteiger partial charge in [-0.3, -0.25) is 10.1 Å². The number of imide groups is 1. The molecule has 2 aromatic carbocycles. The van der Waals surface area contributed by atoms with Gasteiger partial charge in [-0.05, 0) is 37.5 Å². The topological polar surface area (TPSA) is 74.8 Å². The van der Waals surface area contributed by atoms with Crippen molar-refractivity contribution in [2.45, 2.75) is 64.1 Å². The van der Waals surface area contributed by atoms with Crippen molar-refractivity contribution in [2.75, 3.05) is 0 Å². The van der Waals surface area contributed by atoms with E-state index in [1.165, 1.54) is 22.8 Å². The summed E-state index contributed by atoms with van der Waals surface area (Å²) in [4.78, 5) is 24.5. The van der Waals surface area contributed by atoms with E-state index in [2.05, 4.69) is 41.8 Å². The van der Waals surface area contributed by atoms with E-state index in [1.807, 2.05) is 30.4 Å². The van der Waals surface area contributed by atoms with Gasteiger partial charge < -0.3 is 10.6 Å². The molecule has 1 fully saturated rings. The summed E-state index contributed by atoms with van der Waals surface area (Å²) in [5.41, 5.74) is 1.19. The van der Waals surface area contributed by atoms with Crippen molar-refractivity contribution < 1.29 is 14.9 Å². The van der Waals surface area contributed by atoms with Gasteiger partial charge in [-0.2, -0.15) is 0 Å². The minimum Gasteiger partial charge on any atom is -0.335 e. The van der Waals surface area contributed by atoms with Crippen molar-refractivity contribution in [3.05, 3.63) is 48.0 Å². The number of nitrogens with one attached hydrogen (secondary N) is 2.